The van der Waals surface area contributed by atoms with Crippen LogP contribution in [0.3, 0.4) is 0 Å². The zero-order valence-electron chi connectivity index (χ0n) is 17.9. The minimum absolute atomic E-state index is 0.0338. The van der Waals surface area contributed by atoms with Crippen molar-refractivity contribution < 1.29 is 33.4 Å². The molecule has 1 atom stereocenters. The zero-order valence-corrected chi connectivity index (χ0v) is 17.9. The van der Waals surface area contributed by atoms with E-state index in [0.717, 1.165) is 0 Å². The molecule has 0 spiro atoms. The van der Waals surface area contributed by atoms with Crippen molar-refractivity contribution in [3.8, 4) is 0 Å². The second kappa shape index (κ2) is 8.70. The molecule has 0 aromatic heterocycles. The van der Waals surface area contributed by atoms with E-state index < -0.39 is 36.4 Å². The monoisotopic (exact) mass is 448 g/mol. The number of fused-ring (bicyclic) bond motifs is 2. The van der Waals surface area contributed by atoms with Crippen LogP contribution in [0.1, 0.15) is 56.0 Å². The molecule has 168 valence electrons. The number of benzene rings is 2. The van der Waals surface area contributed by atoms with Gasteiger partial charge in [-0.15, -0.1) is 0 Å². The summed E-state index contributed by atoms with van der Waals surface area (Å²) in [5.41, 5.74) is 0.692. The molecule has 1 unspecified atom stereocenters. The lowest BCUT2D eigenvalue weighted by Crippen LogP contribution is -2.50. The summed E-state index contributed by atoms with van der Waals surface area (Å²) >= 11 is 0. The molecule has 2 N–H and O–H groups in total. The molecule has 4 rings (SSSR count). The Balaban J connectivity index is 1.65. The molecular formula is C24H20N2O7. The van der Waals surface area contributed by atoms with E-state index in [4.69, 9.17) is 9.47 Å². The average Bonchev–Trinajstić information content (AvgIpc) is 2.80. The highest BCUT2D eigenvalue weighted by molar-refractivity contribution is 6.30. The number of ether oxygens (including phenoxy) is 2. The van der Waals surface area contributed by atoms with Crippen LogP contribution in [0.15, 0.2) is 53.7 Å². The zero-order chi connectivity index (χ0) is 23.7. The fraction of sp³-hybridized carbons (Fsp3) is 0.208. The summed E-state index contributed by atoms with van der Waals surface area (Å²) in [4.78, 5) is 63.1. The molecular weight excluding hydrogens is 428 g/mol. The van der Waals surface area contributed by atoms with Crippen molar-refractivity contribution in [2.45, 2.75) is 19.9 Å². The average molecular weight is 448 g/mol. The van der Waals surface area contributed by atoms with Gasteiger partial charge >= 0.3 is 18.0 Å². The normalized spacial score (nSPS) is 16.9. The van der Waals surface area contributed by atoms with E-state index in [1.807, 2.05) is 0 Å². The topological polar surface area (TPSA) is 128 Å². The molecule has 1 aliphatic heterocycles. The van der Waals surface area contributed by atoms with Crippen LogP contribution in [0.2, 0.25) is 0 Å². The number of ketones is 2. The summed E-state index contributed by atoms with van der Waals surface area (Å²) in [5, 5.41) is 5.01. The Labute approximate surface area is 188 Å². The molecule has 2 aromatic carbocycles. The third-order valence-electron chi connectivity index (χ3n) is 5.39. The number of carbonyl (C=O) groups excluding carboxylic acids is 5. The van der Waals surface area contributed by atoms with E-state index in [0.29, 0.717) is 0 Å². The van der Waals surface area contributed by atoms with Crippen LogP contribution in [0.5, 0.6) is 0 Å². The number of esters is 2. The number of nitrogens with one attached hydrogen (secondary N) is 2. The highest BCUT2D eigenvalue weighted by Gasteiger charge is 2.34. The van der Waals surface area contributed by atoms with Gasteiger partial charge in [0, 0.05) is 22.3 Å². The number of rotatable bonds is 5. The van der Waals surface area contributed by atoms with Gasteiger partial charge < -0.3 is 20.1 Å². The molecule has 0 bridgehead atoms. The molecule has 0 saturated heterocycles. The maximum Gasteiger partial charge on any atom is 0.339 e. The fourth-order valence-corrected chi connectivity index (χ4v) is 3.92. The van der Waals surface area contributed by atoms with Gasteiger partial charge in [-0.3, -0.25) is 9.59 Å². The lowest BCUT2D eigenvalue weighted by molar-refractivity contribution is -0.139. The van der Waals surface area contributed by atoms with Crippen LogP contribution >= 0.6 is 0 Å². The van der Waals surface area contributed by atoms with Crippen molar-refractivity contribution in [1.29, 1.82) is 0 Å². The summed E-state index contributed by atoms with van der Waals surface area (Å²) in [6, 6.07) is 9.55. The quantitative estimate of drug-likeness (QED) is 0.572. The minimum atomic E-state index is -0.872. The van der Waals surface area contributed by atoms with Crippen LogP contribution in [-0.2, 0) is 14.3 Å². The SMILES string of the molecule is CCOC(=O)C1=C(COC(=O)c2cccc3c2C(=O)c2ccccc2C3=O)NC(=O)NC1C. The van der Waals surface area contributed by atoms with Crippen LogP contribution in [-0.4, -0.2) is 48.8 Å². The number of carbonyl (C=O) groups is 5. The molecule has 33 heavy (non-hydrogen) atoms. The lowest BCUT2D eigenvalue weighted by atomic mass is 9.82. The van der Waals surface area contributed by atoms with Gasteiger partial charge in [0.05, 0.1) is 29.5 Å². The molecule has 0 fully saturated rings. The number of hydrogen-bond acceptors (Lipinski definition) is 7. The minimum Gasteiger partial charge on any atom is -0.463 e. The molecule has 9 nitrogen and oxygen atoms in total. The summed E-state index contributed by atoms with van der Waals surface area (Å²) < 4.78 is 10.4. The van der Waals surface area contributed by atoms with Gasteiger partial charge in [-0.25, -0.2) is 14.4 Å². The van der Waals surface area contributed by atoms with Crippen LogP contribution < -0.4 is 10.6 Å². The number of amides is 2. The van der Waals surface area contributed by atoms with Gasteiger partial charge in [0.2, 0.25) is 0 Å². The molecule has 0 saturated carbocycles. The van der Waals surface area contributed by atoms with E-state index in [2.05, 4.69) is 10.6 Å². The first kappa shape index (κ1) is 21.9. The van der Waals surface area contributed by atoms with Gasteiger partial charge in [0.15, 0.2) is 11.6 Å². The maximum absolute atomic E-state index is 13.1. The van der Waals surface area contributed by atoms with Crippen molar-refractivity contribution in [2.24, 2.45) is 0 Å². The Morgan fingerprint density at radius 1 is 0.879 bits per heavy atom. The summed E-state index contributed by atoms with van der Waals surface area (Å²) in [6.45, 7) is 2.94. The van der Waals surface area contributed by atoms with E-state index >= 15 is 0 Å². The van der Waals surface area contributed by atoms with Crippen molar-refractivity contribution in [3.05, 3.63) is 81.6 Å². The molecule has 1 aliphatic carbocycles. The fourth-order valence-electron chi connectivity index (χ4n) is 3.92. The first-order chi connectivity index (χ1) is 15.8. The van der Waals surface area contributed by atoms with Gasteiger partial charge in [0.1, 0.15) is 6.61 Å². The summed E-state index contributed by atoms with van der Waals surface area (Å²) in [5.74, 6) is -2.34. The van der Waals surface area contributed by atoms with E-state index in [9.17, 15) is 24.0 Å². The predicted molar refractivity (Wildman–Crippen MR) is 115 cm³/mol. The van der Waals surface area contributed by atoms with Crippen LogP contribution in [0.25, 0.3) is 0 Å². The smallest absolute Gasteiger partial charge is 0.339 e. The van der Waals surface area contributed by atoms with Crippen molar-refractivity contribution >= 4 is 29.5 Å². The maximum atomic E-state index is 13.1. The van der Waals surface area contributed by atoms with Gasteiger partial charge in [0.25, 0.3) is 0 Å². The highest BCUT2D eigenvalue weighted by Crippen LogP contribution is 2.30. The van der Waals surface area contributed by atoms with Gasteiger partial charge in [-0.05, 0) is 19.9 Å². The molecule has 2 aliphatic rings. The van der Waals surface area contributed by atoms with Gasteiger partial charge in [-0.1, -0.05) is 36.4 Å². The van der Waals surface area contributed by atoms with E-state index in [1.165, 1.54) is 24.3 Å². The first-order valence-electron chi connectivity index (χ1n) is 10.3. The number of hydrogen-bond donors (Lipinski definition) is 2. The third kappa shape index (κ3) is 3.89. The summed E-state index contributed by atoms with van der Waals surface area (Å²) in [6.07, 6.45) is 0. The second-order valence-corrected chi connectivity index (χ2v) is 7.44. The largest absolute Gasteiger partial charge is 0.463 e. The lowest BCUT2D eigenvalue weighted by Gasteiger charge is -2.26. The molecule has 9 heteroatoms. The third-order valence-corrected chi connectivity index (χ3v) is 5.39. The Kier molecular flexibility index (Phi) is 5.78. The van der Waals surface area contributed by atoms with Crippen molar-refractivity contribution in [3.63, 3.8) is 0 Å². The Bertz CT molecular complexity index is 1250. The Hall–Kier alpha value is -4.27. The molecule has 1 heterocycles. The predicted octanol–water partition coefficient (Wildman–Crippen LogP) is 2.14. The Morgan fingerprint density at radius 3 is 2.24 bits per heavy atom. The second-order valence-electron chi connectivity index (χ2n) is 7.44. The summed E-state index contributed by atoms with van der Waals surface area (Å²) in [7, 11) is 0. The van der Waals surface area contributed by atoms with Crippen molar-refractivity contribution in [1.82, 2.24) is 10.6 Å². The molecule has 2 aromatic rings. The molecule has 2 amide bonds. The van der Waals surface area contributed by atoms with E-state index in [-0.39, 0.29) is 51.5 Å². The van der Waals surface area contributed by atoms with Crippen LogP contribution in [0, 0.1) is 0 Å². The first-order valence-corrected chi connectivity index (χ1v) is 10.3. The van der Waals surface area contributed by atoms with Crippen LogP contribution in [0.4, 0.5) is 4.79 Å². The van der Waals surface area contributed by atoms with E-state index in [1.54, 1.807) is 32.0 Å². The van der Waals surface area contributed by atoms with Crippen molar-refractivity contribution in [2.75, 3.05) is 13.2 Å². The number of urea groups is 1. The standard InChI is InChI=1S/C24H20N2O7/c1-3-32-23(30)18-12(2)25-24(31)26-17(18)11-33-22(29)16-10-6-9-15-19(16)21(28)14-8-5-4-7-13(14)20(15)27/h4-10,12H,3,11H2,1-2H3,(H2,25,26,31). The Morgan fingerprint density at radius 2 is 1.55 bits per heavy atom. The molecule has 0 radical (unpaired) electrons. The highest BCUT2D eigenvalue weighted by atomic mass is 16.5. The van der Waals surface area contributed by atoms with Gasteiger partial charge in [-0.2, -0.15) is 0 Å².